The van der Waals surface area contributed by atoms with Crippen molar-refractivity contribution in [2.45, 2.75) is 9.10 Å². The Kier molecular flexibility index (Phi) is 3.72. The van der Waals surface area contributed by atoms with Crippen molar-refractivity contribution >= 4 is 47.3 Å². The lowest BCUT2D eigenvalue weighted by Crippen LogP contribution is -2.01. The van der Waals surface area contributed by atoms with Crippen molar-refractivity contribution in [3.05, 3.63) is 52.4 Å². The van der Waals surface area contributed by atoms with Crippen molar-refractivity contribution in [3.8, 4) is 6.07 Å². The molecule has 0 aliphatic carbocycles. The van der Waals surface area contributed by atoms with Crippen LogP contribution in [0.5, 0.6) is 0 Å². The van der Waals surface area contributed by atoms with Crippen molar-refractivity contribution in [1.82, 2.24) is 4.98 Å². The fourth-order valence-electron chi connectivity index (χ4n) is 1.94. The third-order valence-electron chi connectivity index (χ3n) is 2.93. The molecule has 8 heteroatoms. The average Bonchev–Trinajstić information content (AvgIpc) is 2.85. The van der Waals surface area contributed by atoms with E-state index in [-0.39, 0.29) is 14.7 Å². The average molecular weight is 397 g/mol. The predicted octanol–water partition coefficient (Wildman–Crippen LogP) is 3.90. The Bertz CT molecular complexity index is 1040. The van der Waals surface area contributed by atoms with E-state index >= 15 is 0 Å². The van der Waals surface area contributed by atoms with E-state index in [1.807, 2.05) is 0 Å². The molecule has 1 aromatic carbocycles. The zero-order chi connectivity index (χ0) is 15.9. The third kappa shape index (κ3) is 2.41. The van der Waals surface area contributed by atoms with Gasteiger partial charge in [0, 0.05) is 11.6 Å². The Hall–Kier alpha value is -1.82. The molecule has 0 spiro atoms. The first-order valence-electron chi connectivity index (χ1n) is 5.92. The van der Waals surface area contributed by atoms with Crippen molar-refractivity contribution < 1.29 is 12.8 Å². The van der Waals surface area contributed by atoms with Gasteiger partial charge in [-0.05, 0) is 46.3 Å². The molecule has 0 amide bonds. The summed E-state index contributed by atoms with van der Waals surface area (Å²) in [4.78, 5) is 4.43. The molecule has 0 N–H and O–H groups in total. The maximum Gasteiger partial charge on any atom is 0.217 e. The molecule has 0 aliphatic heterocycles. The zero-order valence-electron chi connectivity index (χ0n) is 10.7. The minimum absolute atomic E-state index is 0.0377. The van der Waals surface area contributed by atoms with Gasteiger partial charge in [0.15, 0.2) is 0 Å². The highest BCUT2D eigenvalue weighted by Gasteiger charge is 2.26. The zero-order valence-corrected chi connectivity index (χ0v) is 14.0. The second-order valence-corrected chi connectivity index (χ2v) is 8.29. The summed E-state index contributed by atoms with van der Waals surface area (Å²) < 4.78 is 39.4. The molecule has 0 fully saturated rings. The van der Waals surface area contributed by atoms with E-state index in [0.29, 0.717) is 14.7 Å². The first-order chi connectivity index (χ1) is 10.4. The molecule has 2 heterocycles. The SMILES string of the molecule is N#Cc1cc(F)cc(S(=O)(=O)c2sc3ncccc3c2Br)c1. The van der Waals surface area contributed by atoms with Crippen LogP contribution in [0.25, 0.3) is 10.2 Å². The van der Waals surface area contributed by atoms with Crippen LogP contribution in [0.3, 0.4) is 0 Å². The third-order valence-corrected chi connectivity index (χ3v) is 7.64. The Balaban J connectivity index is 2.27. The molecule has 2 aromatic heterocycles. The van der Waals surface area contributed by atoms with Crippen molar-refractivity contribution in [2.75, 3.05) is 0 Å². The number of thiophene rings is 1. The van der Waals surface area contributed by atoms with E-state index < -0.39 is 15.7 Å². The van der Waals surface area contributed by atoms with Gasteiger partial charge in [-0.1, -0.05) is 0 Å². The van der Waals surface area contributed by atoms with E-state index in [9.17, 15) is 12.8 Å². The fraction of sp³-hybridized carbons (Fsp3) is 0. The molecule has 0 saturated heterocycles. The highest BCUT2D eigenvalue weighted by atomic mass is 79.9. The van der Waals surface area contributed by atoms with Gasteiger partial charge in [0.05, 0.1) is 21.0 Å². The summed E-state index contributed by atoms with van der Waals surface area (Å²) in [6.07, 6.45) is 1.57. The van der Waals surface area contributed by atoms with Gasteiger partial charge >= 0.3 is 0 Å². The first-order valence-corrected chi connectivity index (χ1v) is 9.01. The number of hydrogen-bond acceptors (Lipinski definition) is 5. The summed E-state index contributed by atoms with van der Waals surface area (Å²) in [5.74, 6) is -0.770. The van der Waals surface area contributed by atoms with Gasteiger partial charge in [0.25, 0.3) is 0 Å². The Morgan fingerprint density at radius 3 is 2.77 bits per heavy atom. The molecule has 110 valence electrons. The summed E-state index contributed by atoms with van der Waals surface area (Å²) in [6.45, 7) is 0. The molecule has 0 unspecified atom stereocenters. The van der Waals surface area contributed by atoms with Gasteiger partial charge in [0.1, 0.15) is 14.9 Å². The lowest BCUT2D eigenvalue weighted by Gasteiger charge is -2.03. The normalized spacial score (nSPS) is 11.5. The van der Waals surface area contributed by atoms with E-state index in [1.165, 1.54) is 0 Å². The number of aromatic nitrogens is 1. The lowest BCUT2D eigenvalue weighted by atomic mass is 10.2. The molecule has 3 aromatic rings. The second kappa shape index (κ2) is 5.43. The number of fused-ring (bicyclic) bond motifs is 1. The summed E-state index contributed by atoms with van der Waals surface area (Å²) >= 11 is 4.27. The van der Waals surface area contributed by atoms with Crippen LogP contribution in [0, 0.1) is 17.1 Å². The predicted molar refractivity (Wildman–Crippen MR) is 83.9 cm³/mol. The van der Waals surface area contributed by atoms with Crippen LogP contribution in [0.4, 0.5) is 4.39 Å². The number of sulfone groups is 1. The number of hydrogen-bond donors (Lipinski definition) is 0. The molecule has 0 bridgehead atoms. The van der Waals surface area contributed by atoms with Gasteiger partial charge in [-0.15, -0.1) is 11.3 Å². The van der Waals surface area contributed by atoms with Gasteiger partial charge in [-0.2, -0.15) is 5.26 Å². The molecule has 4 nitrogen and oxygen atoms in total. The Labute approximate surface area is 137 Å². The Morgan fingerprint density at radius 2 is 2.09 bits per heavy atom. The molecule has 22 heavy (non-hydrogen) atoms. The molecule has 0 saturated carbocycles. The Morgan fingerprint density at radius 1 is 1.32 bits per heavy atom. The number of nitriles is 1. The smallest absolute Gasteiger partial charge is 0.217 e. The number of halogens is 2. The molecular formula is C14H6BrFN2O2S2. The fourth-order valence-corrected chi connectivity index (χ4v) is 6.12. The van der Waals surface area contributed by atoms with Crippen molar-refractivity contribution in [1.29, 1.82) is 5.26 Å². The van der Waals surface area contributed by atoms with E-state index in [0.717, 1.165) is 29.5 Å². The van der Waals surface area contributed by atoms with Crippen LogP contribution in [-0.2, 0) is 9.84 Å². The van der Waals surface area contributed by atoms with Gasteiger partial charge < -0.3 is 0 Å². The van der Waals surface area contributed by atoms with Crippen LogP contribution in [0.1, 0.15) is 5.56 Å². The van der Waals surface area contributed by atoms with Crippen LogP contribution in [0.15, 0.2) is 50.1 Å². The standard InChI is InChI=1S/C14H6BrFN2O2S2/c15-12-11-2-1-3-18-13(11)21-14(12)22(19,20)10-5-8(7-17)4-9(16)6-10/h1-6H. The minimum Gasteiger partial charge on any atom is -0.245 e. The van der Waals surface area contributed by atoms with Crippen LogP contribution < -0.4 is 0 Å². The van der Waals surface area contributed by atoms with Crippen LogP contribution >= 0.6 is 27.3 Å². The lowest BCUT2D eigenvalue weighted by molar-refractivity contribution is 0.592. The first kappa shape index (κ1) is 15.1. The molecular weight excluding hydrogens is 391 g/mol. The van der Waals surface area contributed by atoms with Gasteiger partial charge in [-0.3, -0.25) is 0 Å². The van der Waals surface area contributed by atoms with E-state index in [1.54, 1.807) is 24.4 Å². The highest BCUT2D eigenvalue weighted by molar-refractivity contribution is 9.10. The quantitative estimate of drug-likeness (QED) is 0.658. The van der Waals surface area contributed by atoms with E-state index in [2.05, 4.69) is 20.9 Å². The number of benzene rings is 1. The van der Waals surface area contributed by atoms with Crippen LogP contribution in [-0.4, -0.2) is 13.4 Å². The molecule has 0 radical (unpaired) electrons. The van der Waals surface area contributed by atoms with E-state index in [4.69, 9.17) is 5.26 Å². The summed E-state index contributed by atoms with van der Waals surface area (Å²) in [5, 5.41) is 9.53. The summed E-state index contributed by atoms with van der Waals surface area (Å²) in [7, 11) is -3.95. The van der Waals surface area contributed by atoms with Crippen molar-refractivity contribution in [2.24, 2.45) is 0 Å². The van der Waals surface area contributed by atoms with Gasteiger partial charge in [0.2, 0.25) is 9.84 Å². The largest absolute Gasteiger partial charge is 0.245 e. The number of rotatable bonds is 2. The topological polar surface area (TPSA) is 70.8 Å². The molecule has 0 atom stereocenters. The van der Waals surface area contributed by atoms with Gasteiger partial charge in [-0.25, -0.2) is 17.8 Å². The minimum atomic E-state index is -3.95. The summed E-state index contributed by atoms with van der Waals surface area (Å²) in [6, 6.07) is 8.24. The monoisotopic (exact) mass is 396 g/mol. The maximum absolute atomic E-state index is 13.5. The highest BCUT2D eigenvalue weighted by Crippen LogP contribution is 2.40. The van der Waals surface area contributed by atoms with Crippen LogP contribution in [0.2, 0.25) is 0 Å². The maximum atomic E-state index is 13.5. The molecule has 0 aliphatic rings. The number of nitrogens with zero attached hydrogens (tertiary/aromatic N) is 2. The second-order valence-electron chi connectivity index (χ2n) is 4.35. The number of pyridine rings is 1. The summed E-state index contributed by atoms with van der Waals surface area (Å²) in [5.41, 5.74) is -0.0473. The molecule has 3 rings (SSSR count). The van der Waals surface area contributed by atoms with Crippen molar-refractivity contribution in [3.63, 3.8) is 0 Å².